The van der Waals surface area contributed by atoms with Gasteiger partial charge >= 0.3 is 6.18 Å². The monoisotopic (exact) mass is 356 g/mol. The van der Waals surface area contributed by atoms with Crippen LogP contribution in [0.4, 0.5) is 13.2 Å². The third-order valence-electron chi connectivity index (χ3n) is 4.01. The first kappa shape index (κ1) is 17.4. The van der Waals surface area contributed by atoms with Gasteiger partial charge in [-0.25, -0.2) is 4.98 Å². The molecule has 134 valence electrons. The van der Waals surface area contributed by atoms with E-state index in [-0.39, 0.29) is 24.0 Å². The van der Waals surface area contributed by atoms with Crippen LogP contribution >= 0.6 is 0 Å². The molecule has 0 bridgehead atoms. The van der Waals surface area contributed by atoms with Crippen molar-refractivity contribution in [3.8, 4) is 5.75 Å². The number of pyridine rings is 1. The molecule has 1 aromatic rings. The van der Waals surface area contributed by atoms with Gasteiger partial charge in [-0.1, -0.05) is 0 Å². The SMILES string of the molecule is O=C1C=C(Oc2ccc(C(F)(F)F)nc2)C(=O)N1CC1CCOCC1. The normalized spacial score (nSPS) is 19.3. The van der Waals surface area contributed by atoms with Crippen molar-refractivity contribution in [2.45, 2.75) is 19.0 Å². The highest BCUT2D eigenvalue weighted by molar-refractivity contribution is 6.15. The summed E-state index contributed by atoms with van der Waals surface area (Å²) in [5.74, 6) is -1.20. The smallest absolute Gasteiger partial charge is 0.433 e. The Bertz CT molecular complexity index is 694. The molecular formula is C16H15F3N2O4. The molecule has 3 rings (SSSR count). The third kappa shape index (κ3) is 3.98. The van der Waals surface area contributed by atoms with E-state index in [0.29, 0.717) is 13.2 Å². The predicted octanol–water partition coefficient (Wildman–Crippen LogP) is 2.16. The Morgan fingerprint density at radius 2 is 1.96 bits per heavy atom. The number of carbonyl (C=O) groups excluding carboxylic acids is 2. The van der Waals surface area contributed by atoms with Gasteiger partial charge in [0.25, 0.3) is 11.8 Å². The molecular weight excluding hydrogens is 341 g/mol. The second-order valence-corrected chi connectivity index (χ2v) is 5.80. The fourth-order valence-electron chi connectivity index (χ4n) is 2.65. The highest BCUT2D eigenvalue weighted by Crippen LogP contribution is 2.29. The lowest BCUT2D eigenvalue weighted by atomic mass is 10.00. The van der Waals surface area contributed by atoms with Crippen molar-refractivity contribution in [2.24, 2.45) is 5.92 Å². The van der Waals surface area contributed by atoms with E-state index in [9.17, 15) is 22.8 Å². The second kappa shape index (κ2) is 6.83. The summed E-state index contributed by atoms with van der Waals surface area (Å²) in [6.07, 6.45) is -1.13. The van der Waals surface area contributed by atoms with Crippen LogP contribution in [0.15, 0.2) is 30.2 Å². The summed E-state index contributed by atoms with van der Waals surface area (Å²) < 4.78 is 47.9. The molecule has 0 saturated carbocycles. The number of nitrogens with zero attached hydrogens (tertiary/aromatic N) is 2. The number of aromatic nitrogens is 1. The molecule has 25 heavy (non-hydrogen) atoms. The highest BCUT2D eigenvalue weighted by atomic mass is 19.4. The lowest BCUT2D eigenvalue weighted by molar-refractivity contribution is -0.141. The Morgan fingerprint density at radius 1 is 1.24 bits per heavy atom. The van der Waals surface area contributed by atoms with Crippen molar-refractivity contribution in [3.05, 3.63) is 35.9 Å². The van der Waals surface area contributed by atoms with Crippen molar-refractivity contribution < 1.29 is 32.2 Å². The quantitative estimate of drug-likeness (QED) is 0.774. The molecule has 0 aliphatic carbocycles. The molecule has 1 saturated heterocycles. The highest BCUT2D eigenvalue weighted by Gasteiger charge is 2.35. The van der Waals surface area contributed by atoms with Crippen molar-refractivity contribution in [2.75, 3.05) is 19.8 Å². The van der Waals surface area contributed by atoms with Gasteiger partial charge in [0.15, 0.2) is 5.76 Å². The Hall–Kier alpha value is -2.42. The van der Waals surface area contributed by atoms with Crippen molar-refractivity contribution in [1.82, 2.24) is 9.88 Å². The summed E-state index contributed by atoms with van der Waals surface area (Å²) in [4.78, 5) is 28.6. The van der Waals surface area contributed by atoms with Crippen molar-refractivity contribution in [3.63, 3.8) is 0 Å². The number of alkyl halides is 3. The number of hydrogen-bond donors (Lipinski definition) is 0. The number of halogens is 3. The summed E-state index contributed by atoms with van der Waals surface area (Å²) in [6, 6.07) is 1.80. The van der Waals surface area contributed by atoms with Gasteiger partial charge < -0.3 is 9.47 Å². The molecule has 0 N–H and O–H groups in total. The van der Waals surface area contributed by atoms with Crippen LogP contribution in [0, 0.1) is 5.92 Å². The molecule has 2 aliphatic rings. The zero-order chi connectivity index (χ0) is 18.0. The Balaban J connectivity index is 1.64. The molecule has 0 radical (unpaired) electrons. The van der Waals surface area contributed by atoms with Crippen LogP contribution in [0.1, 0.15) is 18.5 Å². The van der Waals surface area contributed by atoms with E-state index < -0.39 is 23.7 Å². The molecule has 0 spiro atoms. The largest absolute Gasteiger partial charge is 0.450 e. The summed E-state index contributed by atoms with van der Waals surface area (Å²) in [5.41, 5.74) is -1.07. The van der Waals surface area contributed by atoms with Crippen LogP contribution in [0.5, 0.6) is 5.75 Å². The maximum Gasteiger partial charge on any atom is 0.433 e. The van der Waals surface area contributed by atoms with Gasteiger partial charge in [0.05, 0.1) is 12.3 Å². The Kier molecular flexibility index (Phi) is 4.76. The molecule has 0 aromatic carbocycles. The lowest BCUT2D eigenvalue weighted by Gasteiger charge is -2.25. The third-order valence-corrected chi connectivity index (χ3v) is 4.01. The minimum Gasteiger partial charge on any atom is -0.450 e. The number of rotatable bonds is 4. The van der Waals surface area contributed by atoms with Crippen LogP contribution in [0.25, 0.3) is 0 Å². The fraction of sp³-hybridized carbons (Fsp3) is 0.438. The van der Waals surface area contributed by atoms with Crippen LogP contribution in [0.2, 0.25) is 0 Å². The van der Waals surface area contributed by atoms with E-state index >= 15 is 0 Å². The maximum absolute atomic E-state index is 12.5. The number of carbonyl (C=O) groups is 2. The van der Waals surface area contributed by atoms with Crippen LogP contribution < -0.4 is 4.74 Å². The zero-order valence-corrected chi connectivity index (χ0v) is 13.1. The molecule has 2 aliphatic heterocycles. The van der Waals surface area contributed by atoms with Crippen LogP contribution in [-0.4, -0.2) is 41.5 Å². The van der Waals surface area contributed by atoms with E-state index in [0.717, 1.165) is 42.1 Å². The average Bonchev–Trinajstić information content (AvgIpc) is 2.83. The molecule has 0 unspecified atom stereocenters. The summed E-state index contributed by atoms with van der Waals surface area (Å²) in [7, 11) is 0. The molecule has 1 aromatic heterocycles. The minimum atomic E-state index is -4.56. The van der Waals surface area contributed by atoms with Gasteiger partial charge in [-0.15, -0.1) is 0 Å². The molecule has 1 fully saturated rings. The van der Waals surface area contributed by atoms with Gasteiger partial charge in [-0.2, -0.15) is 13.2 Å². The standard InChI is InChI=1S/C16H15F3N2O4/c17-16(18,19)13-2-1-11(8-20-13)25-12-7-14(22)21(15(12)23)9-10-3-5-24-6-4-10/h1-2,7-8,10H,3-6,9H2. The van der Waals surface area contributed by atoms with Crippen molar-refractivity contribution in [1.29, 1.82) is 0 Å². The Morgan fingerprint density at radius 3 is 2.56 bits per heavy atom. The predicted molar refractivity (Wildman–Crippen MR) is 78.2 cm³/mol. The van der Waals surface area contributed by atoms with E-state index in [4.69, 9.17) is 9.47 Å². The average molecular weight is 356 g/mol. The first-order valence-electron chi connectivity index (χ1n) is 7.71. The Labute approximate surface area is 141 Å². The zero-order valence-electron chi connectivity index (χ0n) is 13.1. The molecule has 9 heteroatoms. The van der Waals surface area contributed by atoms with Gasteiger partial charge in [-0.05, 0) is 30.9 Å². The summed E-state index contributed by atoms with van der Waals surface area (Å²) in [6.45, 7) is 1.46. The van der Waals surface area contributed by atoms with E-state index in [2.05, 4.69) is 4.98 Å². The van der Waals surface area contributed by atoms with Crippen LogP contribution in [-0.2, 0) is 20.5 Å². The van der Waals surface area contributed by atoms with Gasteiger partial charge in [0.2, 0.25) is 0 Å². The first-order valence-corrected chi connectivity index (χ1v) is 7.71. The van der Waals surface area contributed by atoms with E-state index in [1.54, 1.807) is 0 Å². The first-order chi connectivity index (χ1) is 11.8. The molecule has 2 amide bonds. The minimum absolute atomic E-state index is 0.0479. The van der Waals surface area contributed by atoms with E-state index in [1.165, 1.54) is 0 Å². The summed E-state index contributed by atoms with van der Waals surface area (Å²) >= 11 is 0. The molecule has 3 heterocycles. The topological polar surface area (TPSA) is 68.7 Å². The number of imide groups is 1. The maximum atomic E-state index is 12.5. The number of ether oxygens (including phenoxy) is 2. The molecule has 6 nitrogen and oxygen atoms in total. The van der Waals surface area contributed by atoms with Gasteiger partial charge in [0, 0.05) is 19.8 Å². The van der Waals surface area contributed by atoms with Crippen molar-refractivity contribution >= 4 is 11.8 Å². The number of amides is 2. The summed E-state index contributed by atoms with van der Waals surface area (Å²) in [5, 5.41) is 0. The van der Waals surface area contributed by atoms with E-state index in [1.807, 2.05) is 0 Å². The van der Waals surface area contributed by atoms with Gasteiger partial charge in [0.1, 0.15) is 11.4 Å². The number of hydrogen-bond acceptors (Lipinski definition) is 5. The molecule has 0 atom stereocenters. The van der Waals surface area contributed by atoms with Crippen LogP contribution in [0.3, 0.4) is 0 Å². The fourth-order valence-corrected chi connectivity index (χ4v) is 2.65. The van der Waals surface area contributed by atoms with Gasteiger partial charge in [-0.3, -0.25) is 14.5 Å². The lowest BCUT2D eigenvalue weighted by Crippen LogP contribution is -2.37. The second-order valence-electron chi connectivity index (χ2n) is 5.80.